The van der Waals surface area contributed by atoms with Crippen LogP contribution in [0.25, 0.3) is 0 Å². The third-order valence-electron chi connectivity index (χ3n) is 5.83. The highest BCUT2D eigenvalue weighted by Crippen LogP contribution is 2.29. The Hall–Kier alpha value is -2.75. The molecule has 0 bridgehead atoms. The largest absolute Gasteiger partial charge is 0.493 e. The van der Waals surface area contributed by atoms with Crippen molar-refractivity contribution in [3.05, 3.63) is 70.8 Å². The lowest BCUT2D eigenvalue weighted by Crippen LogP contribution is -2.02. The van der Waals surface area contributed by atoms with Crippen LogP contribution in [0.5, 0.6) is 11.5 Å². The first-order valence-corrected chi connectivity index (χ1v) is 12.2. The van der Waals surface area contributed by atoms with Crippen LogP contribution < -0.4 is 9.47 Å². The van der Waals surface area contributed by atoms with Crippen molar-refractivity contribution in [3.8, 4) is 11.5 Å². The molecule has 0 N–H and O–H groups in total. The topological polar surface area (TPSA) is 40.0 Å². The smallest absolute Gasteiger partial charge is 0.125 e. The molecule has 0 aliphatic rings. The van der Waals surface area contributed by atoms with E-state index >= 15 is 0 Å². The molecule has 0 heterocycles. The van der Waals surface area contributed by atoms with E-state index in [0.717, 1.165) is 41.2 Å². The molecule has 0 saturated carbocycles. The Morgan fingerprint density at radius 2 is 1.67 bits per heavy atom. The molecule has 0 aliphatic heterocycles. The summed E-state index contributed by atoms with van der Waals surface area (Å²) in [4.78, 5) is 4.78. The van der Waals surface area contributed by atoms with Crippen LogP contribution in [-0.4, -0.2) is 26.5 Å². The van der Waals surface area contributed by atoms with Crippen molar-refractivity contribution in [2.24, 2.45) is 5.16 Å². The standard InChI is InChI=1S/C29H41NO3/c1-6-7-17-32-28-19-24(3)29(25(4)20-28)33-18-12-10-8-9-11-14-23(2)27-16-13-15-26(21-27)22-30-31-5/h6-7,13,15-16,19-23H,8-12,14,17-18H2,1-5H3/b7-6+,30-22?. The minimum atomic E-state index is 0.556. The van der Waals surface area contributed by atoms with Gasteiger partial charge < -0.3 is 14.3 Å². The number of allylic oxidation sites excluding steroid dienone is 1. The molecule has 2 aromatic rings. The van der Waals surface area contributed by atoms with E-state index in [1.807, 2.05) is 19.1 Å². The molecule has 0 aliphatic carbocycles. The fourth-order valence-electron chi connectivity index (χ4n) is 3.95. The van der Waals surface area contributed by atoms with Crippen molar-refractivity contribution in [2.75, 3.05) is 20.3 Å². The van der Waals surface area contributed by atoms with E-state index in [4.69, 9.17) is 14.3 Å². The van der Waals surface area contributed by atoms with Crippen LogP contribution in [0.15, 0.2) is 53.7 Å². The Bertz CT molecular complexity index is 865. The number of unbranched alkanes of at least 4 members (excludes halogenated alkanes) is 4. The summed E-state index contributed by atoms with van der Waals surface area (Å²) in [6.45, 7) is 9.86. The molecule has 0 amide bonds. The number of hydrogen-bond acceptors (Lipinski definition) is 4. The molecular formula is C29H41NO3. The van der Waals surface area contributed by atoms with Gasteiger partial charge in [-0.25, -0.2) is 0 Å². The molecule has 2 aromatic carbocycles. The van der Waals surface area contributed by atoms with Gasteiger partial charge in [0.15, 0.2) is 0 Å². The summed E-state index contributed by atoms with van der Waals surface area (Å²) in [5.74, 6) is 2.46. The van der Waals surface area contributed by atoms with E-state index in [-0.39, 0.29) is 0 Å². The number of aryl methyl sites for hydroxylation is 2. The van der Waals surface area contributed by atoms with Gasteiger partial charge in [0, 0.05) is 0 Å². The first-order valence-electron chi connectivity index (χ1n) is 12.2. The molecule has 0 spiro atoms. The van der Waals surface area contributed by atoms with Gasteiger partial charge >= 0.3 is 0 Å². The summed E-state index contributed by atoms with van der Waals surface area (Å²) in [7, 11) is 1.57. The summed E-state index contributed by atoms with van der Waals surface area (Å²) in [5, 5.41) is 3.86. The summed E-state index contributed by atoms with van der Waals surface area (Å²) >= 11 is 0. The van der Waals surface area contributed by atoms with Crippen molar-refractivity contribution in [1.29, 1.82) is 0 Å². The Morgan fingerprint density at radius 1 is 0.939 bits per heavy atom. The van der Waals surface area contributed by atoms with Gasteiger partial charge in [0.05, 0.1) is 12.8 Å². The quantitative estimate of drug-likeness (QED) is 0.120. The van der Waals surface area contributed by atoms with Gasteiger partial charge in [-0.05, 0) is 80.0 Å². The SMILES string of the molecule is C/C=C/COc1cc(C)c(OCCCCCCCC(C)c2cccc(C=NOC)c2)c(C)c1. The third kappa shape index (κ3) is 9.73. The fraction of sp³-hybridized carbons (Fsp3) is 0.483. The van der Waals surface area contributed by atoms with E-state index in [1.165, 1.54) is 37.7 Å². The van der Waals surface area contributed by atoms with Gasteiger partial charge in [0.25, 0.3) is 0 Å². The normalized spacial score (nSPS) is 12.4. The van der Waals surface area contributed by atoms with Gasteiger partial charge in [-0.15, -0.1) is 0 Å². The lowest BCUT2D eigenvalue weighted by atomic mass is 9.93. The summed E-state index contributed by atoms with van der Waals surface area (Å²) in [6.07, 6.45) is 13.1. The second-order valence-corrected chi connectivity index (χ2v) is 8.66. The monoisotopic (exact) mass is 451 g/mol. The Balaban J connectivity index is 1.63. The maximum atomic E-state index is 6.10. The zero-order valence-corrected chi connectivity index (χ0v) is 21.1. The number of benzene rings is 2. The number of oxime groups is 1. The van der Waals surface area contributed by atoms with Crippen LogP contribution in [0, 0.1) is 13.8 Å². The lowest BCUT2D eigenvalue weighted by molar-refractivity contribution is 0.215. The van der Waals surface area contributed by atoms with Crippen LogP contribution in [0.4, 0.5) is 0 Å². The summed E-state index contributed by atoms with van der Waals surface area (Å²) in [5.41, 5.74) is 4.73. The van der Waals surface area contributed by atoms with Gasteiger partial charge in [-0.3, -0.25) is 0 Å². The van der Waals surface area contributed by atoms with Gasteiger partial charge in [0.2, 0.25) is 0 Å². The van der Waals surface area contributed by atoms with Crippen molar-refractivity contribution in [2.45, 2.75) is 72.1 Å². The Kier molecular flexibility index (Phi) is 12.2. The number of nitrogens with zero attached hydrogens (tertiary/aromatic N) is 1. The highest BCUT2D eigenvalue weighted by molar-refractivity contribution is 5.79. The molecule has 0 fully saturated rings. The number of hydrogen-bond donors (Lipinski definition) is 0. The predicted octanol–water partition coefficient (Wildman–Crippen LogP) is 7.76. The van der Waals surface area contributed by atoms with Crippen LogP contribution in [0.3, 0.4) is 0 Å². The molecular weight excluding hydrogens is 410 g/mol. The zero-order chi connectivity index (χ0) is 23.9. The molecule has 4 heteroatoms. The first-order chi connectivity index (χ1) is 16.0. The fourth-order valence-corrected chi connectivity index (χ4v) is 3.95. The van der Waals surface area contributed by atoms with E-state index in [0.29, 0.717) is 12.5 Å². The van der Waals surface area contributed by atoms with Crippen molar-refractivity contribution >= 4 is 6.21 Å². The van der Waals surface area contributed by atoms with Crippen molar-refractivity contribution in [3.63, 3.8) is 0 Å². The van der Waals surface area contributed by atoms with Gasteiger partial charge in [-0.1, -0.05) is 68.1 Å². The van der Waals surface area contributed by atoms with E-state index in [2.05, 4.69) is 62.3 Å². The second kappa shape index (κ2) is 15.2. The molecule has 2 rings (SSSR count). The number of ether oxygens (including phenoxy) is 2. The highest BCUT2D eigenvalue weighted by atomic mass is 16.6. The van der Waals surface area contributed by atoms with Crippen LogP contribution >= 0.6 is 0 Å². The Labute approximate surface area is 200 Å². The van der Waals surface area contributed by atoms with Crippen LogP contribution in [-0.2, 0) is 4.84 Å². The zero-order valence-electron chi connectivity index (χ0n) is 21.1. The molecule has 1 unspecified atom stereocenters. The van der Waals surface area contributed by atoms with Crippen molar-refractivity contribution < 1.29 is 14.3 Å². The maximum Gasteiger partial charge on any atom is 0.125 e. The maximum absolute atomic E-state index is 6.10. The predicted molar refractivity (Wildman–Crippen MR) is 139 cm³/mol. The molecule has 0 aromatic heterocycles. The third-order valence-corrected chi connectivity index (χ3v) is 5.83. The molecule has 4 nitrogen and oxygen atoms in total. The van der Waals surface area contributed by atoms with E-state index < -0.39 is 0 Å². The lowest BCUT2D eigenvalue weighted by Gasteiger charge is -2.14. The van der Waals surface area contributed by atoms with Gasteiger partial charge in [-0.2, -0.15) is 0 Å². The van der Waals surface area contributed by atoms with Crippen LogP contribution in [0.1, 0.15) is 80.5 Å². The molecule has 1 atom stereocenters. The first kappa shape index (κ1) is 26.5. The summed E-state index contributed by atoms with van der Waals surface area (Å²) in [6, 6.07) is 12.7. The minimum Gasteiger partial charge on any atom is -0.493 e. The molecule has 33 heavy (non-hydrogen) atoms. The Morgan fingerprint density at radius 3 is 2.39 bits per heavy atom. The van der Waals surface area contributed by atoms with E-state index in [1.54, 1.807) is 13.3 Å². The number of rotatable bonds is 15. The average Bonchev–Trinajstić information content (AvgIpc) is 2.81. The van der Waals surface area contributed by atoms with Gasteiger partial charge in [0.1, 0.15) is 25.2 Å². The molecule has 180 valence electrons. The van der Waals surface area contributed by atoms with Crippen LogP contribution in [0.2, 0.25) is 0 Å². The summed E-state index contributed by atoms with van der Waals surface area (Å²) < 4.78 is 11.9. The minimum absolute atomic E-state index is 0.556. The average molecular weight is 452 g/mol. The second-order valence-electron chi connectivity index (χ2n) is 8.66. The highest BCUT2D eigenvalue weighted by Gasteiger charge is 2.08. The van der Waals surface area contributed by atoms with Crippen molar-refractivity contribution in [1.82, 2.24) is 0 Å². The molecule has 0 radical (unpaired) electrons. The van der Waals surface area contributed by atoms with E-state index in [9.17, 15) is 0 Å². The molecule has 0 saturated heterocycles.